The van der Waals surface area contributed by atoms with Crippen LogP contribution >= 0.6 is 0 Å². The van der Waals surface area contributed by atoms with Crippen LogP contribution in [0.3, 0.4) is 0 Å². The van der Waals surface area contributed by atoms with Gasteiger partial charge in [-0.05, 0) is 5.92 Å². The molecule has 0 unspecified atom stereocenters. The van der Waals surface area contributed by atoms with Crippen molar-refractivity contribution in [1.29, 1.82) is 0 Å². The zero-order chi connectivity index (χ0) is 12.2. The molecular weight excluding hydrogens is 206 g/mol. The quantitative estimate of drug-likeness (QED) is 0.783. The van der Waals surface area contributed by atoms with Gasteiger partial charge in [0, 0.05) is 39.6 Å². The van der Waals surface area contributed by atoms with Crippen LogP contribution in [-0.4, -0.2) is 48.3 Å². The number of ether oxygens (including phenoxy) is 1. The normalized spacial score (nSPS) is 19.8. The van der Waals surface area contributed by atoms with Gasteiger partial charge in [-0.25, -0.2) is 0 Å². The van der Waals surface area contributed by atoms with Crippen molar-refractivity contribution in [3.8, 4) is 0 Å². The molecular formula is C12H23NO3. The summed E-state index contributed by atoms with van der Waals surface area (Å²) in [6, 6.07) is 0. The highest BCUT2D eigenvalue weighted by Crippen LogP contribution is 2.24. The van der Waals surface area contributed by atoms with Crippen molar-refractivity contribution >= 4 is 5.91 Å². The molecule has 1 heterocycles. The Morgan fingerprint density at radius 3 is 2.50 bits per heavy atom. The maximum absolute atomic E-state index is 11.9. The monoisotopic (exact) mass is 229 g/mol. The summed E-state index contributed by atoms with van der Waals surface area (Å²) in [6.07, 6.45) is 1.35. The second kappa shape index (κ2) is 5.64. The van der Waals surface area contributed by atoms with E-state index in [0.29, 0.717) is 32.0 Å². The molecule has 0 aliphatic carbocycles. The lowest BCUT2D eigenvalue weighted by molar-refractivity contribution is -0.140. The smallest absolute Gasteiger partial charge is 0.225 e. The third kappa shape index (κ3) is 4.10. The lowest BCUT2D eigenvalue weighted by Gasteiger charge is -2.33. The van der Waals surface area contributed by atoms with Gasteiger partial charge < -0.3 is 14.7 Å². The Kier molecular flexibility index (Phi) is 4.74. The van der Waals surface area contributed by atoms with Gasteiger partial charge in [0.05, 0.1) is 12.0 Å². The molecule has 1 N–H and O–H groups in total. The first-order valence-electron chi connectivity index (χ1n) is 5.97. The zero-order valence-electron chi connectivity index (χ0n) is 10.5. The second-order valence-corrected chi connectivity index (χ2v) is 5.18. The third-order valence-corrected chi connectivity index (χ3v) is 2.97. The summed E-state index contributed by atoms with van der Waals surface area (Å²) in [5.74, 6) is 0.483. The van der Waals surface area contributed by atoms with Gasteiger partial charge in [0.25, 0.3) is 0 Å². The van der Waals surface area contributed by atoms with Gasteiger partial charge in [-0.3, -0.25) is 4.79 Å². The van der Waals surface area contributed by atoms with Gasteiger partial charge >= 0.3 is 0 Å². The Labute approximate surface area is 97.6 Å². The maximum Gasteiger partial charge on any atom is 0.225 e. The van der Waals surface area contributed by atoms with Crippen LogP contribution in [0.25, 0.3) is 0 Å². The number of carbonyl (C=O) groups is 1. The van der Waals surface area contributed by atoms with Crippen molar-refractivity contribution in [2.24, 2.45) is 5.92 Å². The summed E-state index contributed by atoms with van der Waals surface area (Å²) in [5.41, 5.74) is -0.847. The molecule has 1 saturated heterocycles. The van der Waals surface area contributed by atoms with Crippen LogP contribution in [0.5, 0.6) is 0 Å². The van der Waals surface area contributed by atoms with Crippen molar-refractivity contribution < 1.29 is 14.6 Å². The van der Waals surface area contributed by atoms with E-state index < -0.39 is 5.60 Å². The van der Waals surface area contributed by atoms with Gasteiger partial charge in [0.2, 0.25) is 5.91 Å². The molecule has 0 saturated carbocycles. The fourth-order valence-corrected chi connectivity index (χ4v) is 1.99. The second-order valence-electron chi connectivity index (χ2n) is 5.18. The number of carbonyl (C=O) groups excluding carboxylic acids is 1. The summed E-state index contributed by atoms with van der Waals surface area (Å²) in [4.78, 5) is 13.6. The molecule has 0 radical (unpaired) electrons. The molecule has 0 aromatic carbocycles. The predicted molar refractivity (Wildman–Crippen MR) is 62.1 cm³/mol. The fraction of sp³-hybridized carbons (Fsp3) is 0.917. The van der Waals surface area contributed by atoms with Crippen LogP contribution in [0, 0.1) is 5.92 Å². The summed E-state index contributed by atoms with van der Waals surface area (Å²) in [6.45, 7) is 6.00. The molecule has 1 rings (SSSR count). The van der Waals surface area contributed by atoms with Gasteiger partial charge in [-0.2, -0.15) is 0 Å². The lowest BCUT2D eigenvalue weighted by Crippen LogP contribution is -2.42. The van der Waals surface area contributed by atoms with Gasteiger partial charge in [0.1, 0.15) is 0 Å². The van der Waals surface area contributed by atoms with E-state index in [1.54, 1.807) is 11.9 Å². The molecule has 4 heteroatoms. The molecule has 0 aromatic heterocycles. The minimum Gasteiger partial charge on any atom is -0.389 e. The molecule has 16 heavy (non-hydrogen) atoms. The van der Waals surface area contributed by atoms with E-state index in [1.807, 2.05) is 0 Å². The molecule has 1 amide bonds. The fourth-order valence-electron chi connectivity index (χ4n) is 1.99. The number of hydrogen-bond acceptors (Lipinski definition) is 3. The summed E-state index contributed by atoms with van der Waals surface area (Å²) in [7, 11) is 1.80. The molecule has 0 atom stereocenters. The molecule has 0 aromatic rings. The largest absolute Gasteiger partial charge is 0.389 e. The van der Waals surface area contributed by atoms with Crippen LogP contribution in [0.2, 0.25) is 0 Å². The first-order valence-corrected chi connectivity index (χ1v) is 5.97. The Morgan fingerprint density at radius 2 is 2.00 bits per heavy atom. The van der Waals surface area contributed by atoms with E-state index >= 15 is 0 Å². The minimum absolute atomic E-state index is 0.0260. The van der Waals surface area contributed by atoms with Gasteiger partial charge in [-0.1, -0.05) is 13.8 Å². The van der Waals surface area contributed by atoms with Crippen LogP contribution in [0.4, 0.5) is 0 Å². The Hall–Kier alpha value is -0.610. The molecule has 1 aliphatic heterocycles. The van der Waals surface area contributed by atoms with Crippen molar-refractivity contribution in [2.45, 2.75) is 38.7 Å². The van der Waals surface area contributed by atoms with Crippen molar-refractivity contribution in [3.05, 3.63) is 0 Å². The molecule has 1 aliphatic rings. The molecule has 0 bridgehead atoms. The van der Waals surface area contributed by atoms with Crippen molar-refractivity contribution in [3.63, 3.8) is 0 Å². The van der Waals surface area contributed by atoms with Crippen molar-refractivity contribution in [1.82, 2.24) is 4.90 Å². The molecule has 4 nitrogen and oxygen atoms in total. The van der Waals surface area contributed by atoms with E-state index in [4.69, 9.17) is 4.74 Å². The van der Waals surface area contributed by atoms with E-state index in [1.165, 1.54) is 0 Å². The SMILES string of the molecule is CC(C)CN(C)C(=O)CC1(O)CCOCC1. The summed E-state index contributed by atoms with van der Waals surface area (Å²) in [5, 5.41) is 10.2. The van der Waals surface area contributed by atoms with E-state index in [2.05, 4.69) is 13.8 Å². The van der Waals surface area contributed by atoms with Gasteiger partial charge in [0.15, 0.2) is 0 Å². The highest BCUT2D eigenvalue weighted by atomic mass is 16.5. The van der Waals surface area contributed by atoms with Crippen LogP contribution < -0.4 is 0 Å². The lowest BCUT2D eigenvalue weighted by atomic mass is 9.90. The minimum atomic E-state index is -0.847. The number of hydrogen-bond donors (Lipinski definition) is 1. The van der Waals surface area contributed by atoms with Crippen LogP contribution in [0.15, 0.2) is 0 Å². The van der Waals surface area contributed by atoms with Crippen LogP contribution in [-0.2, 0) is 9.53 Å². The zero-order valence-corrected chi connectivity index (χ0v) is 10.5. The average Bonchev–Trinajstić information content (AvgIpc) is 2.16. The van der Waals surface area contributed by atoms with Crippen molar-refractivity contribution in [2.75, 3.05) is 26.8 Å². The first-order chi connectivity index (χ1) is 7.43. The average molecular weight is 229 g/mol. The third-order valence-electron chi connectivity index (χ3n) is 2.97. The Bertz CT molecular complexity index is 234. The predicted octanol–water partition coefficient (Wildman–Crippen LogP) is 1.03. The first kappa shape index (κ1) is 13.5. The summed E-state index contributed by atoms with van der Waals surface area (Å²) >= 11 is 0. The number of nitrogens with zero attached hydrogens (tertiary/aromatic N) is 1. The number of aliphatic hydroxyl groups is 1. The topological polar surface area (TPSA) is 49.8 Å². The highest BCUT2D eigenvalue weighted by molar-refractivity contribution is 5.77. The molecule has 94 valence electrons. The molecule has 0 spiro atoms. The van der Waals surface area contributed by atoms with Crippen LogP contribution in [0.1, 0.15) is 33.1 Å². The molecule has 1 fully saturated rings. The Morgan fingerprint density at radius 1 is 1.44 bits per heavy atom. The van der Waals surface area contributed by atoms with E-state index in [0.717, 1.165) is 6.54 Å². The van der Waals surface area contributed by atoms with Gasteiger partial charge in [-0.15, -0.1) is 0 Å². The summed E-state index contributed by atoms with van der Waals surface area (Å²) < 4.78 is 5.19. The number of rotatable bonds is 4. The standard InChI is InChI=1S/C12H23NO3/c1-10(2)9-13(3)11(14)8-12(15)4-6-16-7-5-12/h10,15H,4-9H2,1-3H3. The Balaban J connectivity index is 2.43. The van der Waals surface area contributed by atoms with E-state index in [-0.39, 0.29) is 12.3 Å². The van der Waals surface area contributed by atoms with E-state index in [9.17, 15) is 9.90 Å². The maximum atomic E-state index is 11.9. The highest BCUT2D eigenvalue weighted by Gasteiger charge is 2.33. The number of amides is 1.